The largest absolute Gasteiger partial charge is 0.496 e. The van der Waals surface area contributed by atoms with Crippen molar-refractivity contribution in [1.29, 1.82) is 0 Å². The molecule has 0 aliphatic rings. The first kappa shape index (κ1) is 24.2. The van der Waals surface area contributed by atoms with Crippen LogP contribution in [-0.2, 0) is 9.84 Å². The smallest absolute Gasteiger partial charge is 0.256 e. The Morgan fingerprint density at radius 2 is 1.63 bits per heavy atom. The Labute approximate surface area is 205 Å². The minimum Gasteiger partial charge on any atom is -0.496 e. The number of carbonyl (C=O) groups excluding carboxylic acids is 1. The SMILES string of the molecule is COc1ccccc1-c1cc(NC(=O)c2ccc(S(=O)(=O)C(C)C)cc2)n(-c2ccc(C)cc2)n1. The van der Waals surface area contributed by atoms with Crippen LogP contribution in [0.5, 0.6) is 5.75 Å². The number of amides is 1. The number of para-hydroxylation sites is 1. The molecule has 0 saturated heterocycles. The van der Waals surface area contributed by atoms with Crippen molar-refractivity contribution in [3.63, 3.8) is 0 Å². The summed E-state index contributed by atoms with van der Waals surface area (Å²) in [5.74, 6) is 0.762. The van der Waals surface area contributed by atoms with Gasteiger partial charge >= 0.3 is 0 Å². The second-order valence-corrected chi connectivity index (χ2v) is 10.9. The van der Waals surface area contributed by atoms with Gasteiger partial charge in [-0.15, -0.1) is 0 Å². The third kappa shape index (κ3) is 4.97. The molecule has 35 heavy (non-hydrogen) atoms. The molecular weight excluding hydrogens is 462 g/mol. The van der Waals surface area contributed by atoms with Crippen LogP contribution in [0.25, 0.3) is 16.9 Å². The molecule has 1 heterocycles. The van der Waals surface area contributed by atoms with Crippen LogP contribution in [0.2, 0.25) is 0 Å². The number of anilines is 1. The zero-order valence-corrected chi connectivity index (χ0v) is 20.8. The summed E-state index contributed by atoms with van der Waals surface area (Å²) in [6, 6.07) is 23.1. The van der Waals surface area contributed by atoms with Crippen molar-refractivity contribution in [2.45, 2.75) is 30.9 Å². The van der Waals surface area contributed by atoms with Crippen molar-refractivity contribution in [3.8, 4) is 22.7 Å². The number of aryl methyl sites for hydroxylation is 1. The van der Waals surface area contributed by atoms with Crippen molar-refractivity contribution in [2.75, 3.05) is 12.4 Å². The lowest BCUT2D eigenvalue weighted by molar-refractivity contribution is 0.102. The zero-order valence-electron chi connectivity index (χ0n) is 20.0. The molecule has 0 radical (unpaired) electrons. The molecule has 0 saturated carbocycles. The first-order valence-corrected chi connectivity index (χ1v) is 12.7. The van der Waals surface area contributed by atoms with Gasteiger partial charge in [0.1, 0.15) is 11.6 Å². The van der Waals surface area contributed by atoms with E-state index in [1.165, 1.54) is 24.3 Å². The average Bonchev–Trinajstić information content (AvgIpc) is 3.27. The van der Waals surface area contributed by atoms with E-state index in [0.717, 1.165) is 16.8 Å². The van der Waals surface area contributed by atoms with Crippen LogP contribution in [0.1, 0.15) is 29.8 Å². The predicted molar refractivity (Wildman–Crippen MR) is 137 cm³/mol. The summed E-state index contributed by atoms with van der Waals surface area (Å²) in [5.41, 5.74) is 3.65. The number of aromatic nitrogens is 2. The number of rotatable bonds is 7. The van der Waals surface area contributed by atoms with Gasteiger partial charge in [0.05, 0.1) is 28.6 Å². The van der Waals surface area contributed by atoms with Crippen molar-refractivity contribution in [2.24, 2.45) is 0 Å². The van der Waals surface area contributed by atoms with Crippen LogP contribution >= 0.6 is 0 Å². The number of methoxy groups -OCH3 is 1. The van der Waals surface area contributed by atoms with Crippen LogP contribution in [0.15, 0.2) is 83.8 Å². The lowest BCUT2D eigenvalue weighted by atomic mass is 10.1. The number of nitrogens with zero attached hydrogens (tertiary/aromatic N) is 2. The summed E-state index contributed by atoms with van der Waals surface area (Å²) in [4.78, 5) is 13.3. The van der Waals surface area contributed by atoms with Gasteiger partial charge in [-0.3, -0.25) is 4.79 Å². The summed E-state index contributed by atoms with van der Waals surface area (Å²) in [6.07, 6.45) is 0. The summed E-state index contributed by atoms with van der Waals surface area (Å²) < 4.78 is 31.9. The Morgan fingerprint density at radius 3 is 2.26 bits per heavy atom. The van der Waals surface area contributed by atoms with Crippen LogP contribution in [0, 0.1) is 6.92 Å². The van der Waals surface area contributed by atoms with Crippen molar-refractivity contribution < 1.29 is 17.9 Å². The molecule has 3 aromatic carbocycles. The van der Waals surface area contributed by atoms with Gasteiger partial charge in [-0.2, -0.15) is 5.10 Å². The second-order valence-electron chi connectivity index (χ2n) is 8.43. The van der Waals surface area contributed by atoms with E-state index in [9.17, 15) is 13.2 Å². The number of hydrogen-bond acceptors (Lipinski definition) is 5. The highest BCUT2D eigenvalue weighted by molar-refractivity contribution is 7.92. The van der Waals surface area contributed by atoms with Crippen LogP contribution in [-0.4, -0.2) is 36.5 Å². The first-order chi connectivity index (χ1) is 16.7. The highest BCUT2D eigenvalue weighted by Gasteiger charge is 2.20. The average molecular weight is 490 g/mol. The lowest BCUT2D eigenvalue weighted by Crippen LogP contribution is -2.16. The minimum absolute atomic E-state index is 0.187. The van der Waals surface area contributed by atoms with E-state index in [1.54, 1.807) is 31.7 Å². The summed E-state index contributed by atoms with van der Waals surface area (Å²) in [5, 5.41) is 7.12. The van der Waals surface area contributed by atoms with Gasteiger partial charge in [-0.25, -0.2) is 13.1 Å². The number of nitrogens with one attached hydrogen (secondary N) is 1. The third-order valence-electron chi connectivity index (χ3n) is 5.68. The molecule has 0 bridgehead atoms. The molecule has 0 aliphatic heterocycles. The Kier molecular flexibility index (Phi) is 6.75. The van der Waals surface area contributed by atoms with Crippen LogP contribution < -0.4 is 10.1 Å². The van der Waals surface area contributed by atoms with E-state index in [0.29, 0.717) is 22.8 Å². The maximum Gasteiger partial charge on any atom is 0.256 e. The van der Waals surface area contributed by atoms with E-state index >= 15 is 0 Å². The normalized spacial score (nSPS) is 11.5. The molecule has 0 atom stereocenters. The number of sulfone groups is 1. The third-order valence-corrected chi connectivity index (χ3v) is 7.85. The second kappa shape index (κ2) is 9.76. The molecular formula is C27H27N3O4S. The molecule has 8 heteroatoms. The highest BCUT2D eigenvalue weighted by atomic mass is 32.2. The fourth-order valence-corrected chi connectivity index (χ4v) is 4.66. The Bertz CT molecular complexity index is 1460. The summed E-state index contributed by atoms with van der Waals surface area (Å²) >= 11 is 0. The molecule has 0 fully saturated rings. The molecule has 0 unspecified atom stereocenters. The number of hydrogen-bond donors (Lipinski definition) is 1. The van der Waals surface area contributed by atoms with E-state index in [-0.39, 0.29) is 10.8 Å². The molecule has 180 valence electrons. The molecule has 0 spiro atoms. The monoisotopic (exact) mass is 489 g/mol. The van der Waals surface area contributed by atoms with Gasteiger partial charge in [-0.1, -0.05) is 29.8 Å². The molecule has 4 rings (SSSR count). The topological polar surface area (TPSA) is 90.3 Å². The van der Waals surface area contributed by atoms with Crippen LogP contribution in [0.3, 0.4) is 0 Å². The van der Waals surface area contributed by atoms with Gasteiger partial charge in [0.2, 0.25) is 0 Å². The van der Waals surface area contributed by atoms with Gasteiger partial charge in [-0.05, 0) is 69.3 Å². The minimum atomic E-state index is -3.42. The number of benzene rings is 3. The zero-order chi connectivity index (χ0) is 25.2. The fraction of sp³-hybridized carbons (Fsp3) is 0.185. The summed E-state index contributed by atoms with van der Waals surface area (Å²) in [6.45, 7) is 5.25. The maximum atomic E-state index is 13.1. The molecule has 0 aliphatic carbocycles. The fourth-order valence-electron chi connectivity index (χ4n) is 3.60. The van der Waals surface area contributed by atoms with E-state index in [1.807, 2.05) is 55.5 Å². The lowest BCUT2D eigenvalue weighted by Gasteiger charge is -2.10. The van der Waals surface area contributed by atoms with Gasteiger partial charge in [0.25, 0.3) is 5.91 Å². The molecule has 4 aromatic rings. The van der Waals surface area contributed by atoms with E-state index < -0.39 is 15.1 Å². The molecule has 1 N–H and O–H groups in total. The Balaban J connectivity index is 1.71. The van der Waals surface area contributed by atoms with Crippen LogP contribution in [0.4, 0.5) is 5.82 Å². The molecule has 1 aromatic heterocycles. The Morgan fingerprint density at radius 1 is 0.971 bits per heavy atom. The first-order valence-electron chi connectivity index (χ1n) is 11.2. The number of ether oxygens (including phenoxy) is 1. The van der Waals surface area contributed by atoms with Crippen molar-refractivity contribution in [3.05, 3.63) is 90.0 Å². The summed E-state index contributed by atoms with van der Waals surface area (Å²) in [7, 11) is -1.82. The highest BCUT2D eigenvalue weighted by Crippen LogP contribution is 2.32. The molecule has 7 nitrogen and oxygen atoms in total. The molecule has 1 amide bonds. The van der Waals surface area contributed by atoms with Gasteiger partial charge < -0.3 is 10.1 Å². The number of carbonyl (C=O) groups is 1. The van der Waals surface area contributed by atoms with Crippen molar-refractivity contribution >= 4 is 21.6 Å². The predicted octanol–water partition coefficient (Wildman–Crippen LogP) is 5.29. The van der Waals surface area contributed by atoms with Gasteiger partial charge in [0.15, 0.2) is 9.84 Å². The van der Waals surface area contributed by atoms with E-state index in [4.69, 9.17) is 9.84 Å². The van der Waals surface area contributed by atoms with Crippen molar-refractivity contribution in [1.82, 2.24) is 9.78 Å². The maximum absolute atomic E-state index is 13.1. The quantitative estimate of drug-likeness (QED) is 0.381. The van der Waals surface area contributed by atoms with Gasteiger partial charge in [0, 0.05) is 17.2 Å². The Hall–Kier alpha value is -3.91. The van der Waals surface area contributed by atoms with E-state index in [2.05, 4.69) is 5.32 Å². The standard InChI is InChI=1S/C27H27N3O4S/c1-18(2)35(32,33)22-15-11-20(12-16-22)27(31)28-26-17-24(23-7-5-6-8-25(23)34-4)29-30(26)21-13-9-19(3)10-14-21/h5-18H,1-4H3,(H,28,31).